The third-order valence-electron chi connectivity index (χ3n) is 5.00. The van der Waals surface area contributed by atoms with Gasteiger partial charge in [-0.1, -0.05) is 13.0 Å². The molecule has 0 fully saturated rings. The molecule has 132 valence electrons. The lowest BCUT2D eigenvalue weighted by molar-refractivity contribution is 0.380. The largest absolute Gasteiger partial charge is 0.508 e. The lowest BCUT2D eigenvalue weighted by Gasteiger charge is -2.47. The molecule has 1 heterocycles. The van der Waals surface area contributed by atoms with Crippen LogP contribution in [0.15, 0.2) is 41.4 Å². The van der Waals surface area contributed by atoms with Crippen LogP contribution < -0.4 is 4.90 Å². The maximum absolute atomic E-state index is 14.7. The van der Waals surface area contributed by atoms with Crippen molar-refractivity contribution in [3.05, 3.63) is 53.3 Å². The van der Waals surface area contributed by atoms with Crippen molar-refractivity contribution in [2.75, 3.05) is 11.4 Å². The predicted molar refractivity (Wildman–Crippen MR) is 102 cm³/mol. The number of anilines is 1. The molecule has 0 saturated carbocycles. The number of fused-ring (bicyclic) bond motifs is 1. The zero-order valence-electron chi connectivity index (χ0n) is 15.3. The molecule has 0 amide bonds. The fourth-order valence-electron chi connectivity index (χ4n) is 3.94. The van der Waals surface area contributed by atoms with E-state index in [1.807, 2.05) is 6.07 Å². The normalized spacial score (nSPS) is 19.2. The van der Waals surface area contributed by atoms with Gasteiger partial charge in [0.05, 0.1) is 5.69 Å². The topological polar surface area (TPSA) is 35.8 Å². The minimum atomic E-state index is -0.272. The number of phenolic OH excluding ortho intramolecular Hbond substituents is 1. The molecule has 3 nitrogen and oxygen atoms in total. The Bertz CT molecular complexity index is 814. The Hall–Kier alpha value is -2.36. The molecule has 2 aromatic carbocycles. The van der Waals surface area contributed by atoms with Gasteiger partial charge < -0.3 is 10.0 Å². The number of rotatable bonds is 3. The molecule has 4 heteroatoms. The summed E-state index contributed by atoms with van der Waals surface area (Å²) in [7, 11) is 0. The van der Waals surface area contributed by atoms with Crippen LogP contribution in [0.1, 0.15) is 51.2 Å². The summed E-state index contributed by atoms with van der Waals surface area (Å²) in [5, 5.41) is 9.51. The molecule has 0 spiro atoms. The van der Waals surface area contributed by atoms with Crippen molar-refractivity contribution in [2.45, 2.75) is 45.6 Å². The summed E-state index contributed by atoms with van der Waals surface area (Å²) < 4.78 is 14.7. The molecule has 0 radical (unpaired) electrons. The standard InChI is InChI=1S/C21H25FN2O/c1-5-24-20-11-19(22)15(9-18(20)14(2)12-21(24,3)4)13-23-16-7-6-8-17(25)10-16/h6-11,13-14,25H,5,12H2,1-4H3. The molecule has 1 unspecified atom stereocenters. The van der Waals surface area contributed by atoms with Gasteiger partial charge in [-0.15, -0.1) is 0 Å². The summed E-state index contributed by atoms with van der Waals surface area (Å²) in [6.45, 7) is 9.58. The first-order valence-corrected chi connectivity index (χ1v) is 8.76. The van der Waals surface area contributed by atoms with E-state index in [4.69, 9.17) is 0 Å². The zero-order valence-corrected chi connectivity index (χ0v) is 15.3. The molecule has 1 N–H and O–H groups in total. The molecule has 0 saturated heterocycles. The van der Waals surface area contributed by atoms with Gasteiger partial charge in [0.1, 0.15) is 11.6 Å². The molecule has 0 aliphatic carbocycles. The van der Waals surface area contributed by atoms with E-state index in [9.17, 15) is 9.50 Å². The van der Waals surface area contributed by atoms with Gasteiger partial charge in [0.15, 0.2) is 0 Å². The van der Waals surface area contributed by atoms with Gasteiger partial charge in [-0.2, -0.15) is 0 Å². The summed E-state index contributed by atoms with van der Waals surface area (Å²) >= 11 is 0. The van der Waals surface area contributed by atoms with Crippen LogP contribution in [-0.4, -0.2) is 23.4 Å². The van der Waals surface area contributed by atoms with Gasteiger partial charge in [-0.25, -0.2) is 4.39 Å². The number of hydrogen-bond donors (Lipinski definition) is 1. The minimum Gasteiger partial charge on any atom is -0.508 e. The number of phenols is 1. The number of aliphatic imine (C=N–C) groups is 1. The maximum Gasteiger partial charge on any atom is 0.134 e. The average molecular weight is 340 g/mol. The number of benzene rings is 2. The summed E-state index contributed by atoms with van der Waals surface area (Å²) in [5.41, 5.74) is 3.24. The average Bonchev–Trinajstić information content (AvgIpc) is 2.53. The van der Waals surface area contributed by atoms with Crippen molar-refractivity contribution in [3.8, 4) is 5.75 Å². The van der Waals surface area contributed by atoms with Gasteiger partial charge >= 0.3 is 0 Å². The van der Waals surface area contributed by atoms with Crippen molar-refractivity contribution in [1.29, 1.82) is 0 Å². The summed E-state index contributed by atoms with van der Waals surface area (Å²) in [5.74, 6) is 0.238. The molecule has 1 aliphatic heterocycles. The Labute approximate surface area is 148 Å². The summed E-state index contributed by atoms with van der Waals surface area (Å²) in [4.78, 5) is 6.58. The highest BCUT2D eigenvalue weighted by molar-refractivity contribution is 5.84. The SMILES string of the molecule is CCN1c2cc(F)c(C=Nc3cccc(O)c3)cc2C(C)CC1(C)C. The fraction of sp³-hybridized carbons (Fsp3) is 0.381. The third kappa shape index (κ3) is 3.39. The van der Waals surface area contributed by atoms with Crippen LogP contribution >= 0.6 is 0 Å². The Morgan fingerprint density at radius 2 is 2.08 bits per heavy atom. The molecule has 25 heavy (non-hydrogen) atoms. The van der Waals surface area contributed by atoms with Crippen molar-refractivity contribution in [3.63, 3.8) is 0 Å². The maximum atomic E-state index is 14.7. The number of nitrogens with zero attached hydrogens (tertiary/aromatic N) is 2. The van der Waals surface area contributed by atoms with E-state index in [1.54, 1.807) is 30.3 Å². The molecule has 1 atom stereocenters. The monoisotopic (exact) mass is 340 g/mol. The third-order valence-corrected chi connectivity index (χ3v) is 5.00. The number of halogens is 1. The second-order valence-electron chi connectivity index (χ2n) is 7.37. The van der Waals surface area contributed by atoms with Crippen molar-refractivity contribution in [1.82, 2.24) is 0 Å². The van der Waals surface area contributed by atoms with E-state index in [-0.39, 0.29) is 17.1 Å². The molecular formula is C21H25FN2O. The van der Waals surface area contributed by atoms with Crippen LogP contribution in [0.25, 0.3) is 0 Å². The zero-order chi connectivity index (χ0) is 18.2. The first-order valence-electron chi connectivity index (χ1n) is 8.76. The first-order chi connectivity index (χ1) is 11.8. The fourth-order valence-corrected chi connectivity index (χ4v) is 3.94. The first kappa shape index (κ1) is 17.5. The van der Waals surface area contributed by atoms with E-state index >= 15 is 0 Å². The lowest BCUT2D eigenvalue weighted by Crippen LogP contribution is -2.48. The van der Waals surface area contributed by atoms with E-state index in [0.29, 0.717) is 17.2 Å². The van der Waals surface area contributed by atoms with Crippen molar-refractivity contribution >= 4 is 17.6 Å². The molecule has 0 aromatic heterocycles. The van der Waals surface area contributed by atoms with Gasteiger partial charge in [-0.3, -0.25) is 4.99 Å². The van der Waals surface area contributed by atoms with Crippen molar-refractivity contribution in [2.24, 2.45) is 4.99 Å². The highest BCUT2D eigenvalue weighted by Crippen LogP contribution is 2.43. The van der Waals surface area contributed by atoms with Crippen LogP contribution in [0.4, 0.5) is 15.8 Å². The highest BCUT2D eigenvalue weighted by Gasteiger charge is 2.36. The molecule has 3 rings (SSSR count). The van der Waals surface area contributed by atoms with E-state index in [2.05, 4.69) is 37.6 Å². The highest BCUT2D eigenvalue weighted by atomic mass is 19.1. The van der Waals surface area contributed by atoms with Gasteiger partial charge in [0.2, 0.25) is 0 Å². The van der Waals surface area contributed by atoms with E-state index in [0.717, 1.165) is 18.7 Å². The lowest BCUT2D eigenvalue weighted by atomic mass is 9.79. The second-order valence-corrected chi connectivity index (χ2v) is 7.37. The Morgan fingerprint density at radius 1 is 1.32 bits per heavy atom. The number of hydrogen-bond acceptors (Lipinski definition) is 3. The molecule has 0 bridgehead atoms. The molecular weight excluding hydrogens is 315 g/mol. The van der Waals surface area contributed by atoms with Crippen LogP contribution in [0.2, 0.25) is 0 Å². The summed E-state index contributed by atoms with van der Waals surface area (Å²) in [6.07, 6.45) is 2.57. The van der Waals surface area contributed by atoms with Crippen molar-refractivity contribution < 1.29 is 9.50 Å². The van der Waals surface area contributed by atoms with Crippen LogP contribution in [0, 0.1) is 5.82 Å². The van der Waals surface area contributed by atoms with Gasteiger partial charge in [-0.05, 0) is 62.9 Å². The molecule has 2 aromatic rings. The van der Waals surface area contributed by atoms with Crippen LogP contribution in [0.3, 0.4) is 0 Å². The van der Waals surface area contributed by atoms with Gasteiger partial charge in [0, 0.05) is 35.6 Å². The smallest absolute Gasteiger partial charge is 0.134 e. The molecule has 1 aliphatic rings. The van der Waals surface area contributed by atoms with Gasteiger partial charge in [0.25, 0.3) is 0 Å². The Morgan fingerprint density at radius 3 is 2.76 bits per heavy atom. The van der Waals surface area contributed by atoms with E-state index in [1.165, 1.54) is 11.8 Å². The van der Waals surface area contributed by atoms with Crippen LogP contribution in [-0.2, 0) is 0 Å². The van der Waals surface area contributed by atoms with E-state index < -0.39 is 0 Å². The second kappa shape index (κ2) is 6.51. The predicted octanol–water partition coefficient (Wildman–Crippen LogP) is 5.39. The Kier molecular flexibility index (Phi) is 4.55. The Balaban J connectivity index is 2.00. The summed E-state index contributed by atoms with van der Waals surface area (Å²) in [6, 6.07) is 10.2. The quantitative estimate of drug-likeness (QED) is 0.760. The van der Waals surface area contributed by atoms with Crippen LogP contribution in [0.5, 0.6) is 5.75 Å². The number of aromatic hydroxyl groups is 1. The minimum absolute atomic E-state index is 0.0186.